The third kappa shape index (κ3) is 6.16. The molecule has 0 radical (unpaired) electrons. The molecule has 7 nitrogen and oxygen atoms in total. The minimum absolute atomic E-state index is 0.166. The molecule has 4 aromatic rings. The van der Waals surface area contributed by atoms with Gasteiger partial charge in [0.1, 0.15) is 0 Å². The summed E-state index contributed by atoms with van der Waals surface area (Å²) >= 11 is 0. The number of aromatic nitrogens is 1. The van der Waals surface area contributed by atoms with Crippen LogP contribution in [-0.4, -0.2) is 31.4 Å². The van der Waals surface area contributed by atoms with Crippen LogP contribution in [0.4, 0.5) is 5.69 Å². The molecular weight excluding hydrogens is 484 g/mol. The molecule has 0 saturated carbocycles. The molecule has 0 bridgehead atoms. The number of anilines is 1. The number of hydrogen-bond donors (Lipinski definition) is 1. The fourth-order valence-corrected chi connectivity index (χ4v) is 5.04. The summed E-state index contributed by atoms with van der Waals surface area (Å²) in [6.45, 7) is 6.28. The van der Waals surface area contributed by atoms with Gasteiger partial charge in [-0.15, -0.1) is 0 Å². The van der Waals surface area contributed by atoms with Crippen LogP contribution in [0.3, 0.4) is 0 Å². The van der Waals surface area contributed by atoms with Crippen molar-refractivity contribution in [3.8, 4) is 5.69 Å². The van der Waals surface area contributed by atoms with Crippen LogP contribution >= 0.6 is 0 Å². The van der Waals surface area contributed by atoms with Crippen molar-refractivity contribution in [1.29, 1.82) is 0 Å². The van der Waals surface area contributed by atoms with Gasteiger partial charge >= 0.3 is 0 Å². The molecule has 0 aliphatic heterocycles. The lowest BCUT2D eigenvalue weighted by atomic mass is 10.1. The summed E-state index contributed by atoms with van der Waals surface area (Å²) in [4.78, 5) is 12.6. The van der Waals surface area contributed by atoms with Crippen molar-refractivity contribution in [1.82, 2.24) is 9.99 Å². The second kappa shape index (κ2) is 10.8. The van der Waals surface area contributed by atoms with Gasteiger partial charge in [0, 0.05) is 28.2 Å². The molecule has 4 rings (SSSR count). The van der Waals surface area contributed by atoms with E-state index in [2.05, 4.69) is 46.3 Å². The molecule has 1 aromatic heterocycles. The summed E-state index contributed by atoms with van der Waals surface area (Å²) < 4.78 is 28.1. The van der Waals surface area contributed by atoms with E-state index < -0.39 is 10.0 Å². The quantitative estimate of drug-likeness (QED) is 0.261. The van der Waals surface area contributed by atoms with Gasteiger partial charge in [-0.1, -0.05) is 48.0 Å². The fraction of sp³-hybridized carbons (Fsp3) is 0.172. The third-order valence-electron chi connectivity index (χ3n) is 6.12. The van der Waals surface area contributed by atoms with Crippen LogP contribution in [0.15, 0.2) is 90.0 Å². The van der Waals surface area contributed by atoms with Crippen molar-refractivity contribution in [3.05, 3.63) is 119 Å². The first kappa shape index (κ1) is 25.9. The van der Waals surface area contributed by atoms with Gasteiger partial charge in [-0.3, -0.25) is 9.10 Å². The molecular formula is C29H30N4O3S. The van der Waals surface area contributed by atoms with Crippen molar-refractivity contribution in [2.24, 2.45) is 5.10 Å². The molecule has 1 amide bonds. The molecule has 0 spiro atoms. The molecule has 190 valence electrons. The van der Waals surface area contributed by atoms with Gasteiger partial charge in [0.15, 0.2) is 0 Å². The van der Waals surface area contributed by atoms with Gasteiger partial charge in [-0.2, -0.15) is 5.10 Å². The van der Waals surface area contributed by atoms with E-state index in [1.54, 1.807) is 54.7 Å². The Morgan fingerprint density at radius 2 is 1.59 bits per heavy atom. The van der Waals surface area contributed by atoms with Crippen LogP contribution in [0.25, 0.3) is 5.69 Å². The van der Waals surface area contributed by atoms with Gasteiger partial charge in [-0.05, 0) is 68.8 Å². The number of para-hydroxylation sites is 1. The maximum atomic E-state index is 12.6. The Hall–Kier alpha value is -4.17. The Morgan fingerprint density at radius 1 is 0.946 bits per heavy atom. The Kier molecular flexibility index (Phi) is 7.59. The molecule has 3 aromatic carbocycles. The third-order valence-corrected chi connectivity index (χ3v) is 7.26. The minimum Gasteiger partial charge on any atom is -0.318 e. The predicted octanol–water partition coefficient (Wildman–Crippen LogP) is 5.13. The summed E-state index contributed by atoms with van der Waals surface area (Å²) in [5.74, 6) is -0.349. The Bertz CT molecular complexity index is 1520. The highest BCUT2D eigenvalue weighted by molar-refractivity contribution is 7.92. The van der Waals surface area contributed by atoms with Gasteiger partial charge in [0.05, 0.1) is 24.7 Å². The summed E-state index contributed by atoms with van der Waals surface area (Å²) in [7, 11) is -3.47. The summed E-state index contributed by atoms with van der Waals surface area (Å²) in [5.41, 5.74) is 9.64. The van der Waals surface area contributed by atoms with Crippen LogP contribution in [0, 0.1) is 20.8 Å². The van der Waals surface area contributed by atoms with Gasteiger partial charge < -0.3 is 4.57 Å². The first-order valence-electron chi connectivity index (χ1n) is 11.8. The second-order valence-electron chi connectivity index (χ2n) is 9.00. The number of carbonyl (C=O) groups is 1. The zero-order valence-corrected chi connectivity index (χ0v) is 22.2. The van der Waals surface area contributed by atoms with Gasteiger partial charge in [-0.25, -0.2) is 13.8 Å². The molecule has 0 fully saturated rings. The van der Waals surface area contributed by atoms with E-state index in [9.17, 15) is 13.2 Å². The maximum absolute atomic E-state index is 12.6. The highest BCUT2D eigenvalue weighted by Gasteiger charge is 2.18. The van der Waals surface area contributed by atoms with E-state index >= 15 is 0 Å². The van der Waals surface area contributed by atoms with Crippen LogP contribution in [0.1, 0.15) is 38.4 Å². The lowest BCUT2D eigenvalue weighted by Gasteiger charge is -2.22. The molecule has 0 aliphatic rings. The molecule has 1 N–H and O–H groups in total. The maximum Gasteiger partial charge on any atom is 0.271 e. The molecule has 8 heteroatoms. The van der Waals surface area contributed by atoms with Crippen LogP contribution < -0.4 is 9.73 Å². The Morgan fingerprint density at radius 3 is 2.22 bits per heavy atom. The van der Waals surface area contributed by atoms with Crippen molar-refractivity contribution < 1.29 is 13.2 Å². The van der Waals surface area contributed by atoms with Crippen LogP contribution in [-0.2, 0) is 16.6 Å². The van der Waals surface area contributed by atoms with E-state index in [1.807, 2.05) is 26.0 Å². The molecule has 0 unspecified atom stereocenters. The topological polar surface area (TPSA) is 83.8 Å². The number of benzene rings is 3. The van der Waals surface area contributed by atoms with Gasteiger partial charge in [0.25, 0.3) is 5.91 Å². The Balaban J connectivity index is 1.43. The average molecular weight is 515 g/mol. The van der Waals surface area contributed by atoms with Crippen LogP contribution in [0.5, 0.6) is 0 Å². The number of hydrogen-bond acceptors (Lipinski definition) is 4. The summed E-state index contributed by atoms with van der Waals surface area (Å²) in [5, 5.41) is 4.16. The number of aryl methyl sites for hydroxylation is 2. The lowest BCUT2D eigenvalue weighted by molar-refractivity contribution is 0.0955. The predicted molar refractivity (Wildman–Crippen MR) is 149 cm³/mol. The second-order valence-corrected chi connectivity index (χ2v) is 10.9. The molecule has 37 heavy (non-hydrogen) atoms. The number of rotatable bonds is 8. The van der Waals surface area contributed by atoms with Crippen molar-refractivity contribution in [2.45, 2.75) is 27.3 Å². The van der Waals surface area contributed by atoms with Crippen molar-refractivity contribution in [3.63, 3.8) is 0 Å². The molecule has 0 atom stereocenters. The number of carbonyl (C=O) groups excluding carboxylic acids is 1. The molecule has 0 saturated heterocycles. The first-order valence-corrected chi connectivity index (χ1v) is 13.7. The highest BCUT2D eigenvalue weighted by atomic mass is 32.2. The van der Waals surface area contributed by atoms with Crippen molar-refractivity contribution >= 4 is 27.8 Å². The summed E-state index contributed by atoms with van der Waals surface area (Å²) in [6.07, 6.45) is 2.82. The van der Waals surface area contributed by atoms with E-state index in [-0.39, 0.29) is 12.5 Å². The largest absolute Gasteiger partial charge is 0.318 e. The van der Waals surface area contributed by atoms with E-state index in [4.69, 9.17) is 0 Å². The SMILES string of the molecule is Cc1ccc(-n2c(C)cc(/C=N/NC(=O)c3ccc(CN(c4ccccc4)S(C)(=O)=O)cc3)c2C)cc1. The minimum atomic E-state index is -3.47. The molecule has 1 heterocycles. The number of sulfonamides is 1. The zero-order chi connectivity index (χ0) is 26.6. The monoisotopic (exact) mass is 514 g/mol. The fourth-order valence-electron chi connectivity index (χ4n) is 4.16. The van der Waals surface area contributed by atoms with Crippen molar-refractivity contribution in [2.75, 3.05) is 10.6 Å². The number of hydrazone groups is 1. The van der Waals surface area contributed by atoms with E-state index in [0.29, 0.717) is 11.3 Å². The average Bonchev–Trinajstić information content (AvgIpc) is 3.16. The van der Waals surface area contributed by atoms with E-state index in [1.165, 1.54) is 16.1 Å². The number of amides is 1. The molecule has 0 aliphatic carbocycles. The van der Waals surface area contributed by atoms with Gasteiger partial charge in [0.2, 0.25) is 10.0 Å². The number of nitrogens with zero attached hydrogens (tertiary/aromatic N) is 3. The first-order chi connectivity index (χ1) is 17.6. The normalized spacial score (nSPS) is 11.6. The van der Waals surface area contributed by atoms with Crippen LogP contribution in [0.2, 0.25) is 0 Å². The summed E-state index contributed by atoms with van der Waals surface area (Å²) in [6, 6.07) is 26.1. The highest BCUT2D eigenvalue weighted by Crippen LogP contribution is 2.21. The number of nitrogens with one attached hydrogen (secondary N) is 1. The zero-order valence-electron chi connectivity index (χ0n) is 21.3. The van der Waals surface area contributed by atoms with E-state index in [0.717, 1.165) is 28.2 Å². The Labute approximate surface area is 218 Å². The standard InChI is InChI=1S/C29H30N4O3S/c1-21-10-16-28(17-11-21)33-22(2)18-26(23(33)3)19-30-31-29(34)25-14-12-24(13-15-25)20-32(37(4,35)36)27-8-6-5-7-9-27/h5-19H,20H2,1-4H3,(H,31,34)/b30-19+. The lowest BCUT2D eigenvalue weighted by Crippen LogP contribution is -2.29. The smallest absolute Gasteiger partial charge is 0.271 e.